The molecule has 3 atom stereocenters. The van der Waals surface area contributed by atoms with E-state index < -0.39 is 11.7 Å². The number of halogens is 3. The highest BCUT2D eigenvalue weighted by Gasteiger charge is 2.32. The standard InChI is InChI=1S/C26H35F3O4/c1-19(2)33-25(31)14-6-4-3-5-13-23-20(15-16-24(23)30)10-7-8-17-32-22-12-9-11-21(18-22)26(27,28)29/h3,5,7,9-12,18-20,23-24,30H,4,6,8,13-17H2,1-2H3/b5-3-,10-7+/t20-,23+,24-/m0/s1. The number of aliphatic hydroxyl groups excluding tert-OH is 1. The van der Waals surface area contributed by atoms with E-state index in [1.165, 1.54) is 12.1 Å². The minimum atomic E-state index is -4.38. The summed E-state index contributed by atoms with van der Waals surface area (Å²) in [4.78, 5) is 11.5. The van der Waals surface area contributed by atoms with E-state index in [9.17, 15) is 23.1 Å². The number of ether oxygens (including phenoxy) is 2. The smallest absolute Gasteiger partial charge is 0.416 e. The molecule has 0 amide bonds. The lowest BCUT2D eigenvalue weighted by Gasteiger charge is -2.18. The van der Waals surface area contributed by atoms with Crippen LogP contribution in [0.5, 0.6) is 5.75 Å². The van der Waals surface area contributed by atoms with Gasteiger partial charge in [0.25, 0.3) is 0 Å². The average molecular weight is 469 g/mol. The Bertz CT molecular complexity index is 786. The van der Waals surface area contributed by atoms with E-state index in [2.05, 4.69) is 18.2 Å². The maximum absolute atomic E-state index is 12.8. The zero-order valence-corrected chi connectivity index (χ0v) is 19.4. The summed E-state index contributed by atoms with van der Waals surface area (Å²) in [5.41, 5.74) is -0.720. The number of allylic oxidation sites excluding steroid dienone is 3. The second kappa shape index (κ2) is 13.4. The molecule has 0 bridgehead atoms. The maximum atomic E-state index is 12.8. The minimum absolute atomic E-state index is 0.0889. The Morgan fingerprint density at radius 1 is 1.18 bits per heavy atom. The Balaban J connectivity index is 1.70. The van der Waals surface area contributed by atoms with Gasteiger partial charge in [0, 0.05) is 6.42 Å². The molecular formula is C26H35F3O4. The molecule has 0 heterocycles. The summed E-state index contributed by atoms with van der Waals surface area (Å²) < 4.78 is 48.8. The van der Waals surface area contributed by atoms with Crippen LogP contribution in [0.4, 0.5) is 13.2 Å². The molecule has 1 aliphatic carbocycles. The van der Waals surface area contributed by atoms with Crippen molar-refractivity contribution in [3.05, 3.63) is 54.1 Å². The van der Waals surface area contributed by atoms with Crippen LogP contribution in [0.15, 0.2) is 48.6 Å². The molecule has 184 valence electrons. The van der Waals surface area contributed by atoms with Crippen LogP contribution in [-0.4, -0.2) is 29.9 Å². The van der Waals surface area contributed by atoms with Crippen LogP contribution in [0.25, 0.3) is 0 Å². The molecule has 0 radical (unpaired) electrons. The molecule has 0 spiro atoms. The highest BCUT2D eigenvalue weighted by atomic mass is 19.4. The van der Waals surface area contributed by atoms with Gasteiger partial charge >= 0.3 is 12.1 Å². The Hall–Kier alpha value is -2.28. The summed E-state index contributed by atoms with van der Waals surface area (Å²) >= 11 is 0. The second-order valence-corrected chi connectivity index (χ2v) is 8.70. The van der Waals surface area contributed by atoms with E-state index in [1.807, 2.05) is 19.9 Å². The van der Waals surface area contributed by atoms with Gasteiger partial charge in [-0.25, -0.2) is 0 Å². The Morgan fingerprint density at radius 3 is 2.70 bits per heavy atom. The third kappa shape index (κ3) is 10.0. The lowest BCUT2D eigenvalue weighted by Crippen LogP contribution is -2.17. The molecule has 1 aromatic rings. The summed E-state index contributed by atoms with van der Waals surface area (Å²) in [7, 11) is 0. The predicted molar refractivity (Wildman–Crippen MR) is 122 cm³/mol. The Kier molecular flexibility index (Phi) is 11.0. The van der Waals surface area contributed by atoms with Gasteiger partial charge < -0.3 is 14.6 Å². The summed E-state index contributed by atoms with van der Waals surface area (Å²) in [5, 5.41) is 10.3. The molecule has 33 heavy (non-hydrogen) atoms. The average Bonchev–Trinajstić information content (AvgIpc) is 3.09. The quantitative estimate of drug-likeness (QED) is 0.217. The molecule has 2 rings (SSSR count). The molecule has 1 aliphatic rings. The van der Waals surface area contributed by atoms with Crippen LogP contribution in [0.2, 0.25) is 0 Å². The largest absolute Gasteiger partial charge is 0.493 e. The van der Waals surface area contributed by atoms with Crippen LogP contribution in [0.1, 0.15) is 64.4 Å². The van der Waals surface area contributed by atoms with Gasteiger partial charge in [0.15, 0.2) is 0 Å². The fourth-order valence-electron chi connectivity index (χ4n) is 3.98. The topological polar surface area (TPSA) is 55.8 Å². The van der Waals surface area contributed by atoms with Crippen molar-refractivity contribution in [1.29, 1.82) is 0 Å². The normalized spacial score (nSPS) is 21.4. The van der Waals surface area contributed by atoms with E-state index in [0.717, 1.165) is 44.2 Å². The summed E-state index contributed by atoms with van der Waals surface area (Å²) in [5.74, 6) is 0.439. The van der Waals surface area contributed by atoms with E-state index in [1.54, 1.807) is 0 Å². The molecule has 1 saturated carbocycles. The van der Waals surface area contributed by atoms with Crippen LogP contribution in [0.3, 0.4) is 0 Å². The highest BCUT2D eigenvalue weighted by molar-refractivity contribution is 5.69. The molecule has 1 fully saturated rings. The van der Waals surface area contributed by atoms with E-state index >= 15 is 0 Å². The predicted octanol–water partition coefficient (Wildman–Crippen LogP) is 6.49. The minimum Gasteiger partial charge on any atom is -0.493 e. The van der Waals surface area contributed by atoms with Crippen LogP contribution in [-0.2, 0) is 15.7 Å². The highest BCUT2D eigenvalue weighted by Crippen LogP contribution is 2.36. The monoisotopic (exact) mass is 468 g/mol. The molecule has 1 aromatic carbocycles. The van der Waals surface area contributed by atoms with Crippen molar-refractivity contribution in [1.82, 2.24) is 0 Å². The third-order valence-corrected chi connectivity index (χ3v) is 5.63. The van der Waals surface area contributed by atoms with Gasteiger partial charge in [0.2, 0.25) is 0 Å². The number of carbonyl (C=O) groups is 1. The van der Waals surface area contributed by atoms with E-state index in [-0.39, 0.29) is 42.4 Å². The van der Waals surface area contributed by atoms with Gasteiger partial charge in [0.05, 0.1) is 24.4 Å². The Morgan fingerprint density at radius 2 is 1.97 bits per heavy atom. The number of hydrogen-bond donors (Lipinski definition) is 1. The fraction of sp³-hybridized carbons (Fsp3) is 0.577. The zero-order valence-electron chi connectivity index (χ0n) is 19.4. The van der Waals surface area contributed by atoms with E-state index in [4.69, 9.17) is 9.47 Å². The third-order valence-electron chi connectivity index (χ3n) is 5.63. The van der Waals surface area contributed by atoms with Crippen molar-refractivity contribution in [2.24, 2.45) is 11.8 Å². The number of unbranched alkanes of at least 4 members (excludes halogenated alkanes) is 1. The van der Waals surface area contributed by atoms with Gasteiger partial charge in [-0.05, 0) is 82.4 Å². The van der Waals surface area contributed by atoms with E-state index in [0.29, 0.717) is 12.8 Å². The van der Waals surface area contributed by atoms with Gasteiger partial charge in [-0.15, -0.1) is 0 Å². The second-order valence-electron chi connectivity index (χ2n) is 8.70. The van der Waals surface area contributed by atoms with Crippen LogP contribution in [0, 0.1) is 11.8 Å². The van der Waals surface area contributed by atoms with Crippen LogP contribution < -0.4 is 4.74 Å². The van der Waals surface area contributed by atoms with Crippen molar-refractivity contribution < 1.29 is 32.5 Å². The van der Waals surface area contributed by atoms with Crippen molar-refractivity contribution in [2.45, 2.75) is 77.2 Å². The summed E-state index contributed by atoms with van der Waals surface area (Å²) in [6.45, 7) is 3.95. The number of aliphatic hydroxyl groups is 1. The van der Waals surface area contributed by atoms with Gasteiger partial charge in [-0.1, -0.05) is 30.4 Å². The molecule has 0 aliphatic heterocycles. The van der Waals surface area contributed by atoms with Crippen LogP contribution >= 0.6 is 0 Å². The zero-order chi connectivity index (χ0) is 24.3. The first-order valence-corrected chi connectivity index (χ1v) is 11.7. The first-order valence-electron chi connectivity index (χ1n) is 11.7. The molecule has 7 heteroatoms. The number of hydrogen-bond acceptors (Lipinski definition) is 4. The molecule has 0 aromatic heterocycles. The summed E-state index contributed by atoms with van der Waals surface area (Å²) in [6, 6.07) is 4.88. The lowest BCUT2D eigenvalue weighted by molar-refractivity contribution is -0.147. The van der Waals surface area contributed by atoms with Gasteiger partial charge in [-0.3, -0.25) is 4.79 Å². The van der Waals surface area contributed by atoms with Gasteiger partial charge in [-0.2, -0.15) is 13.2 Å². The van der Waals surface area contributed by atoms with Crippen molar-refractivity contribution in [3.63, 3.8) is 0 Å². The lowest BCUT2D eigenvalue weighted by atomic mass is 9.90. The Labute approximate surface area is 194 Å². The SMILES string of the molecule is CC(C)OC(=O)CCC/C=C\C[C@H]1[C@@H](O)CC[C@@H]1/C=C/CCOc1cccc(C(F)(F)F)c1. The summed E-state index contributed by atoms with van der Waals surface area (Å²) in [6.07, 6.45) is 8.34. The number of alkyl halides is 3. The number of rotatable bonds is 12. The first kappa shape index (κ1) is 27.0. The van der Waals surface area contributed by atoms with Crippen molar-refractivity contribution in [3.8, 4) is 5.75 Å². The van der Waals surface area contributed by atoms with Crippen molar-refractivity contribution >= 4 is 5.97 Å². The van der Waals surface area contributed by atoms with Crippen molar-refractivity contribution in [2.75, 3.05) is 6.61 Å². The molecular weight excluding hydrogens is 433 g/mol. The number of carbonyl (C=O) groups excluding carboxylic acids is 1. The maximum Gasteiger partial charge on any atom is 0.416 e. The molecule has 0 saturated heterocycles. The van der Waals surface area contributed by atoms with Gasteiger partial charge in [0.1, 0.15) is 5.75 Å². The fourth-order valence-corrected chi connectivity index (χ4v) is 3.98. The molecule has 0 unspecified atom stereocenters. The molecule has 4 nitrogen and oxygen atoms in total. The first-order chi connectivity index (χ1) is 15.7. The molecule has 1 N–H and O–H groups in total. The number of esters is 1. The number of benzene rings is 1.